The smallest absolute Gasteiger partial charge is 0.261 e. The van der Waals surface area contributed by atoms with E-state index in [1.807, 2.05) is 0 Å². The monoisotopic (exact) mass is 435 g/mol. The van der Waals surface area contributed by atoms with E-state index in [0.717, 1.165) is 38.9 Å². The molecule has 2 aromatic rings. The Balaban J connectivity index is 1.41. The number of nitrogens with zero attached hydrogens (tertiary/aromatic N) is 1. The quantitative estimate of drug-likeness (QED) is 0.695. The van der Waals surface area contributed by atoms with Crippen LogP contribution in [0.2, 0.25) is 0 Å². The third-order valence-corrected chi connectivity index (χ3v) is 6.86. The summed E-state index contributed by atoms with van der Waals surface area (Å²) in [7, 11) is 0. The molecule has 1 saturated heterocycles. The average Bonchev–Trinajstić information content (AvgIpc) is 2.68. The average molecular weight is 436 g/mol. The van der Waals surface area contributed by atoms with Gasteiger partial charge < -0.3 is 19.8 Å². The Morgan fingerprint density at radius 2 is 2.13 bits per heavy atom. The number of amides is 1. The molecule has 0 atom stereocenters. The summed E-state index contributed by atoms with van der Waals surface area (Å²) < 4.78 is 25.7. The van der Waals surface area contributed by atoms with Crippen molar-refractivity contribution in [1.82, 2.24) is 15.3 Å². The number of thioether (sulfide) groups is 1. The summed E-state index contributed by atoms with van der Waals surface area (Å²) in [5.41, 5.74) is -0.171. The van der Waals surface area contributed by atoms with Crippen LogP contribution in [0.3, 0.4) is 0 Å². The molecule has 0 spiro atoms. The third kappa shape index (κ3) is 5.13. The maximum absolute atomic E-state index is 14.5. The highest BCUT2D eigenvalue weighted by atomic mass is 32.2. The van der Waals surface area contributed by atoms with E-state index in [2.05, 4.69) is 15.3 Å². The molecule has 0 radical (unpaired) electrons. The Bertz CT molecular complexity index is 971. The Kier molecular flexibility index (Phi) is 6.58. The second kappa shape index (κ2) is 9.34. The standard InChI is InChI=1S/C21H26FN3O4S/c1-12(26)23-14-6-16(7-14)30-11-19-24-18-9-15(8-17(22)20(18)21(27)25-19)29-10-13-2-4-28-5-3-13/h8-9,13-14,16H,2-7,10-11H2,1H3,(H,23,26)(H,24,25,27)/t14-,16+. The van der Waals surface area contributed by atoms with Gasteiger partial charge in [0.15, 0.2) is 0 Å². The first-order valence-electron chi connectivity index (χ1n) is 10.3. The lowest BCUT2D eigenvalue weighted by molar-refractivity contribution is -0.120. The lowest BCUT2D eigenvalue weighted by atomic mass is 9.92. The Morgan fingerprint density at radius 3 is 2.87 bits per heavy atom. The van der Waals surface area contributed by atoms with Crippen molar-refractivity contribution in [3.63, 3.8) is 0 Å². The molecule has 2 heterocycles. The number of carbonyl (C=O) groups excluding carboxylic acids is 1. The number of hydrogen-bond donors (Lipinski definition) is 2. The molecule has 1 saturated carbocycles. The summed E-state index contributed by atoms with van der Waals surface area (Å²) in [5, 5.41) is 3.27. The molecule has 162 valence electrons. The fourth-order valence-electron chi connectivity index (χ4n) is 3.83. The number of hydrogen-bond acceptors (Lipinski definition) is 6. The van der Waals surface area contributed by atoms with Crippen LogP contribution in [0.25, 0.3) is 10.9 Å². The van der Waals surface area contributed by atoms with E-state index in [1.165, 1.54) is 13.0 Å². The fraction of sp³-hybridized carbons (Fsp3) is 0.571. The van der Waals surface area contributed by atoms with Crippen LogP contribution in [-0.2, 0) is 15.3 Å². The van der Waals surface area contributed by atoms with E-state index in [0.29, 0.717) is 40.6 Å². The largest absolute Gasteiger partial charge is 0.493 e. The van der Waals surface area contributed by atoms with Crippen LogP contribution in [0.4, 0.5) is 4.39 Å². The Morgan fingerprint density at radius 1 is 1.37 bits per heavy atom. The van der Waals surface area contributed by atoms with Crippen LogP contribution in [-0.4, -0.2) is 47.0 Å². The molecule has 4 rings (SSSR count). The molecule has 0 unspecified atom stereocenters. The number of benzene rings is 1. The summed E-state index contributed by atoms with van der Waals surface area (Å²) in [4.78, 5) is 30.6. The summed E-state index contributed by atoms with van der Waals surface area (Å²) in [6, 6.07) is 3.12. The Labute approximate surface area is 178 Å². The molecule has 30 heavy (non-hydrogen) atoms. The molecule has 7 nitrogen and oxygen atoms in total. The molecule has 9 heteroatoms. The first-order valence-corrected chi connectivity index (χ1v) is 11.3. The van der Waals surface area contributed by atoms with Crippen molar-refractivity contribution in [1.29, 1.82) is 0 Å². The van der Waals surface area contributed by atoms with Crippen LogP contribution in [0.5, 0.6) is 5.75 Å². The predicted molar refractivity (Wildman–Crippen MR) is 113 cm³/mol. The zero-order chi connectivity index (χ0) is 21.1. The number of aromatic amines is 1. The maximum atomic E-state index is 14.5. The van der Waals surface area contributed by atoms with E-state index in [1.54, 1.807) is 17.8 Å². The van der Waals surface area contributed by atoms with Crippen molar-refractivity contribution in [2.24, 2.45) is 5.92 Å². The van der Waals surface area contributed by atoms with Crippen molar-refractivity contribution >= 4 is 28.6 Å². The minimum Gasteiger partial charge on any atom is -0.493 e. The summed E-state index contributed by atoms with van der Waals surface area (Å²) in [5.74, 6) is 1.18. The molecular weight excluding hydrogens is 409 g/mol. The fourth-order valence-corrected chi connectivity index (χ4v) is 5.10. The van der Waals surface area contributed by atoms with Gasteiger partial charge in [0.25, 0.3) is 5.56 Å². The van der Waals surface area contributed by atoms with E-state index in [4.69, 9.17) is 9.47 Å². The number of H-pyrrole nitrogens is 1. The SMILES string of the molecule is CC(=O)N[C@H]1C[C@@H](SCc2nc3cc(OCC4CCOCC4)cc(F)c3c(=O)[nH]2)C1. The minimum atomic E-state index is -0.625. The lowest BCUT2D eigenvalue weighted by Crippen LogP contribution is -2.44. The highest BCUT2D eigenvalue weighted by molar-refractivity contribution is 7.99. The number of rotatable bonds is 7. The van der Waals surface area contributed by atoms with E-state index >= 15 is 0 Å². The van der Waals surface area contributed by atoms with Crippen molar-refractivity contribution < 1.29 is 18.7 Å². The molecule has 2 fully saturated rings. The topological polar surface area (TPSA) is 93.3 Å². The van der Waals surface area contributed by atoms with E-state index in [9.17, 15) is 14.0 Å². The number of fused-ring (bicyclic) bond motifs is 1. The number of carbonyl (C=O) groups is 1. The van der Waals surface area contributed by atoms with Gasteiger partial charge in [-0.15, -0.1) is 0 Å². The summed E-state index contributed by atoms with van der Waals surface area (Å²) >= 11 is 1.68. The van der Waals surface area contributed by atoms with E-state index < -0.39 is 11.4 Å². The van der Waals surface area contributed by atoms with Crippen molar-refractivity contribution in [3.05, 3.63) is 34.1 Å². The predicted octanol–water partition coefficient (Wildman–Crippen LogP) is 2.77. The van der Waals surface area contributed by atoms with Gasteiger partial charge in [-0.25, -0.2) is 9.37 Å². The molecule has 1 aromatic carbocycles. The van der Waals surface area contributed by atoms with Gasteiger partial charge in [0, 0.05) is 43.6 Å². The van der Waals surface area contributed by atoms with Crippen LogP contribution >= 0.6 is 11.8 Å². The van der Waals surface area contributed by atoms with Gasteiger partial charge in [0.1, 0.15) is 22.8 Å². The van der Waals surface area contributed by atoms with Crippen LogP contribution in [0, 0.1) is 11.7 Å². The zero-order valence-corrected chi connectivity index (χ0v) is 17.7. The van der Waals surface area contributed by atoms with Crippen LogP contribution < -0.4 is 15.6 Å². The van der Waals surface area contributed by atoms with Crippen molar-refractivity contribution in [2.45, 2.75) is 49.7 Å². The number of nitrogens with one attached hydrogen (secondary N) is 2. The van der Waals surface area contributed by atoms with E-state index in [-0.39, 0.29) is 17.3 Å². The Hall–Kier alpha value is -2.13. The third-order valence-electron chi connectivity index (χ3n) is 5.57. The molecule has 0 bridgehead atoms. The van der Waals surface area contributed by atoms with Gasteiger partial charge in [0.2, 0.25) is 5.91 Å². The van der Waals surface area contributed by atoms with Gasteiger partial charge in [-0.2, -0.15) is 11.8 Å². The van der Waals surface area contributed by atoms with Crippen LogP contribution in [0.1, 0.15) is 38.4 Å². The lowest BCUT2D eigenvalue weighted by Gasteiger charge is -2.35. The minimum absolute atomic E-state index is 0.0131. The van der Waals surface area contributed by atoms with Gasteiger partial charge in [-0.3, -0.25) is 9.59 Å². The molecule has 2 aliphatic rings. The molecule has 1 aliphatic carbocycles. The first-order chi connectivity index (χ1) is 14.5. The molecular formula is C21H26FN3O4S. The zero-order valence-electron chi connectivity index (χ0n) is 16.9. The highest BCUT2D eigenvalue weighted by Gasteiger charge is 2.30. The van der Waals surface area contributed by atoms with Crippen LogP contribution in [0.15, 0.2) is 16.9 Å². The highest BCUT2D eigenvalue weighted by Crippen LogP contribution is 2.33. The number of aromatic nitrogens is 2. The molecule has 2 N–H and O–H groups in total. The molecule has 1 aromatic heterocycles. The van der Waals surface area contributed by atoms with Crippen molar-refractivity contribution in [3.8, 4) is 5.75 Å². The summed E-state index contributed by atoms with van der Waals surface area (Å²) in [6.07, 6.45) is 3.67. The number of halogens is 1. The molecule has 1 amide bonds. The maximum Gasteiger partial charge on any atom is 0.261 e. The van der Waals surface area contributed by atoms with Gasteiger partial charge >= 0.3 is 0 Å². The first kappa shape index (κ1) is 21.1. The van der Waals surface area contributed by atoms with Gasteiger partial charge in [-0.1, -0.05) is 0 Å². The molecule has 1 aliphatic heterocycles. The normalized spacial score (nSPS) is 21.9. The second-order valence-corrected chi connectivity index (χ2v) is 9.27. The van der Waals surface area contributed by atoms with Gasteiger partial charge in [-0.05, 0) is 31.6 Å². The summed E-state index contributed by atoms with van der Waals surface area (Å²) in [6.45, 7) is 3.47. The second-order valence-electron chi connectivity index (χ2n) is 7.98. The number of ether oxygens (including phenoxy) is 2. The van der Waals surface area contributed by atoms with Gasteiger partial charge in [0.05, 0.1) is 17.9 Å². The van der Waals surface area contributed by atoms with Crippen molar-refractivity contribution in [2.75, 3.05) is 19.8 Å².